The topological polar surface area (TPSA) is 62.7 Å². The highest BCUT2D eigenvalue weighted by Crippen LogP contribution is 2.08. The van der Waals surface area contributed by atoms with Crippen molar-refractivity contribution in [2.24, 2.45) is 0 Å². The van der Waals surface area contributed by atoms with Crippen molar-refractivity contribution in [3.8, 4) is 0 Å². The maximum Gasteiger partial charge on any atom is 0.209 e. The van der Waals surface area contributed by atoms with E-state index < -0.39 is 0 Å². The average Bonchev–Trinajstić information content (AvgIpc) is 2.40. The number of amides is 1. The van der Waals surface area contributed by atoms with Crippen LogP contribution in [0.2, 0.25) is 0 Å². The van der Waals surface area contributed by atoms with Gasteiger partial charge in [-0.05, 0) is 18.6 Å². The molecule has 0 atom stereocenters. The molecule has 5 nitrogen and oxygen atoms in total. The fourth-order valence-corrected chi connectivity index (χ4v) is 1.63. The smallest absolute Gasteiger partial charge is 0.209 e. The number of carbonyl (C=O) groups excluding carboxylic acids is 1. The van der Waals surface area contributed by atoms with Gasteiger partial charge in [-0.1, -0.05) is 6.07 Å². The standard InChI is InChI=1S/C13H20N2O3/c1-11-3-4-12(9-16)14-13(11)5-6-15(10-17)7-8-18-2/h3-4,10,16H,5-9H2,1-2H3. The Morgan fingerprint density at radius 3 is 2.83 bits per heavy atom. The lowest BCUT2D eigenvalue weighted by molar-refractivity contribution is -0.118. The summed E-state index contributed by atoms with van der Waals surface area (Å²) >= 11 is 0. The maximum atomic E-state index is 10.9. The molecule has 0 aliphatic heterocycles. The number of hydrogen-bond donors (Lipinski definition) is 1. The van der Waals surface area contributed by atoms with Crippen molar-refractivity contribution in [3.63, 3.8) is 0 Å². The van der Waals surface area contributed by atoms with Crippen molar-refractivity contribution in [2.45, 2.75) is 20.0 Å². The summed E-state index contributed by atoms with van der Waals surface area (Å²) in [6.45, 7) is 3.63. The van der Waals surface area contributed by atoms with Gasteiger partial charge < -0.3 is 14.7 Å². The minimum atomic E-state index is -0.0612. The van der Waals surface area contributed by atoms with Gasteiger partial charge in [0, 0.05) is 32.3 Å². The maximum absolute atomic E-state index is 10.9. The predicted octanol–water partition coefficient (Wildman–Crippen LogP) is 0.530. The largest absolute Gasteiger partial charge is 0.390 e. The number of aliphatic hydroxyl groups is 1. The molecule has 0 aliphatic carbocycles. The van der Waals surface area contributed by atoms with Crippen LogP contribution in [0.5, 0.6) is 0 Å². The molecule has 1 rings (SSSR count). The van der Waals surface area contributed by atoms with Gasteiger partial charge in [0.15, 0.2) is 0 Å². The molecule has 0 spiro atoms. The molecule has 18 heavy (non-hydrogen) atoms. The molecular formula is C13H20N2O3. The second kappa shape index (κ2) is 7.79. The molecule has 1 aromatic rings. The highest BCUT2D eigenvalue weighted by molar-refractivity contribution is 5.47. The molecule has 1 aromatic heterocycles. The monoisotopic (exact) mass is 252 g/mol. The van der Waals surface area contributed by atoms with Gasteiger partial charge >= 0.3 is 0 Å². The predicted molar refractivity (Wildman–Crippen MR) is 68.1 cm³/mol. The van der Waals surface area contributed by atoms with Crippen LogP contribution in [0, 0.1) is 6.92 Å². The molecule has 1 N–H and O–H groups in total. The molecule has 0 saturated carbocycles. The molecule has 5 heteroatoms. The van der Waals surface area contributed by atoms with Gasteiger partial charge in [-0.15, -0.1) is 0 Å². The SMILES string of the molecule is COCCN(C=O)CCc1nc(CO)ccc1C. The van der Waals surface area contributed by atoms with Crippen LogP contribution in [0.15, 0.2) is 12.1 Å². The molecule has 0 radical (unpaired) electrons. The normalized spacial score (nSPS) is 10.4. The third-order valence-corrected chi connectivity index (χ3v) is 2.79. The van der Waals surface area contributed by atoms with E-state index in [1.54, 1.807) is 18.1 Å². The van der Waals surface area contributed by atoms with Crippen molar-refractivity contribution >= 4 is 6.41 Å². The van der Waals surface area contributed by atoms with E-state index in [0.717, 1.165) is 17.7 Å². The van der Waals surface area contributed by atoms with Gasteiger partial charge in [-0.25, -0.2) is 0 Å². The van der Waals surface area contributed by atoms with Crippen LogP contribution >= 0.6 is 0 Å². The minimum absolute atomic E-state index is 0.0612. The number of aromatic nitrogens is 1. The van der Waals surface area contributed by atoms with E-state index in [2.05, 4.69) is 4.98 Å². The summed E-state index contributed by atoms with van der Waals surface area (Å²) in [5.41, 5.74) is 2.65. The zero-order valence-corrected chi connectivity index (χ0v) is 10.9. The highest BCUT2D eigenvalue weighted by Gasteiger charge is 2.06. The number of aryl methyl sites for hydroxylation is 1. The van der Waals surface area contributed by atoms with E-state index in [1.807, 2.05) is 13.0 Å². The quantitative estimate of drug-likeness (QED) is 0.686. The second-order valence-corrected chi connectivity index (χ2v) is 4.11. The van der Waals surface area contributed by atoms with Gasteiger partial charge in [0.05, 0.1) is 18.9 Å². The lowest BCUT2D eigenvalue weighted by Gasteiger charge is -2.17. The van der Waals surface area contributed by atoms with Crippen molar-refractivity contribution in [1.82, 2.24) is 9.88 Å². The molecule has 0 bridgehead atoms. The summed E-state index contributed by atoms with van der Waals surface area (Å²) < 4.78 is 4.94. The number of carbonyl (C=O) groups is 1. The molecule has 0 aromatic carbocycles. The summed E-state index contributed by atoms with van der Waals surface area (Å²) in [5.74, 6) is 0. The van der Waals surface area contributed by atoms with E-state index in [1.165, 1.54) is 0 Å². The summed E-state index contributed by atoms with van der Waals surface area (Å²) in [6.07, 6.45) is 1.51. The summed E-state index contributed by atoms with van der Waals surface area (Å²) in [7, 11) is 1.61. The van der Waals surface area contributed by atoms with Crippen LogP contribution < -0.4 is 0 Å². The first-order valence-electron chi connectivity index (χ1n) is 5.95. The van der Waals surface area contributed by atoms with Crippen LogP contribution in [0.4, 0.5) is 0 Å². The first-order valence-corrected chi connectivity index (χ1v) is 5.95. The summed E-state index contributed by atoms with van der Waals surface area (Å²) in [4.78, 5) is 16.9. The summed E-state index contributed by atoms with van der Waals surface area (Å²) in [5, 5.41) is 9.05. The Morgan fingerprint density at radius 1 is 1.44 bits per heavy atom. The number of hydrogen-bond acceptors (Lipinski definition) is 4. The molecule has 0 aliphatic rings. The Kier molecular flexibility index (Phi) is 6.32. The number of ether oxygens (including phenoxy) is 1. The van der Waals surface area contributed by atoms with E-state index in [4.69, 9.17) is 9.84 Å². The molecule has 100 valence electrons. The fraction of sp³-hybridized carbons (Fsp3) is 0.538. The third kappa shape index (κ3) is 4.43. The highest BCUT2D eigenvalue weighted by atomic mass is 16.5. The fourth-order valence-electron chi connectivity index (χ4n) is 1.63. The van der Waals surface area contributed by atoms with Crippen molar-refractivity contribution in [3.05, 3.63) is 29.1 Å². The Bertz CT molecular complexity index is 382. The number of aliphatic hydroxyl groups excluding tert-OH is 1. The molecule has 1 heterocycles. The van der Waals surface area contributed by atoms with Crippen molar-refractivity contribution in [2.75, 3.05) is 26.8 Å². The first kappa shape index (κ1) is 14.6. The second-order valence-electron chi connectivity index (χ2n) is 4.11. The molecule has 0 unspecified atom stereocenters. The number of pyridine rings is 1. The number of nitrogens with zero attached hydrogens (tertiary/aromatic N) is 2. The lowest BCUT2D eigenvalue weighted by atomic mass is 10.1. The zero-order valence-electron chi connectivity index (χ0n) is 10.9. The van der Waals surface area contributed by atoms with Crippen LogP contribution in [0.1, 0.15) is 17.0 Å². The Labute approximate surface area is 107 Å². The van der Waals surface area contributed by atoms with Gasteiger partial charge in [0.1, 0.15) is 0 Å². The lowest BCUT2D eigenvalue weighted by Crippen LogP contribution is -2.28. The molecule has 0 saturated heterocycles. The van der Waals surface area contributed by atoms with Crippen LogP contribution in [-0.4, -0.2) is 48.2 Å². The van der Waals surface area contributed by atoms with Crippen molar-refractivity contribution in [1.29, 1.82) is 0 Å². The Morgan fingerprint density at radius 2 is 2.22 bits per heavy atom. The van der Waals surface area contributed by atoms with Crippen LogP contribution in [0.25, 0.3) is 0 Å². The van der Waals surface area contributed by atoms with E-state index >= 15 is 0 Å². The first-order chi connectivity index (χ1) is 8.71. The molecular weight excluding hydrogens is 232 g/mol. The van der Waals surface area contributed by atoms with Crippen LogP contribution in [-0.2, 0) is 22.6 Å². The Balaban J connectivity index is 2.58. The zero-order chi connectivity index (χ0) is 13.4. The van der Waals surface area contributed by atoms with Gasteiger partial charge in [-0.3, -0.25) is 9.78 Å². The third-order valence-electron chi connectivity index (χ3n) is 2.79. The van der Waals surface area contributed by atoms with E-state index in [-0.39, 0.29) is 6.61 Å². The minimum Gasteiger partial charge on any atom is -0.390 e. The molecule has 1 amide bonds. The van der Waals surface area contributed by atoms with E-state index in [0.29, 0.717) is 31.8 Å². The average molecular weight is 252 g/mol. The number of methoxy groups -OCH3 is 1. The Hall–Kier alpha value is -1.46. The van der Waals surface area contributed by atoms with Gasteiger partial charge in [0.25, 0.3) is 0 Å². The van der Waals surface area contributed by atoms with Crippen LogP contribution in [0.3, 0.4) is 0 Å². The van der Waals surface area contributed by atoms with Gasteiger partial charge in [-0.2, -0.15) is 0 Å². The van der Waals surface area contributed by atoms with Crippen molar-refractivity contribution < 1.29 is 14.6 Å². The van der Waals surface area contributed by atoms with Gasteiger partial charge in [0.2, 0.25) is 6.41 Å². The number of rotatable bonds is 8. The summed E-state index contributed by atoms with van der Waals surface area (Å²) in [6, 6.07) is 3.75. The molecule has 0 fully saturated rings. The van der Waals surface area contributed by atoms with E-state index in [9.17, 15) is 4.79 Å².